The first kappa shape index (κ1) is 19.5. The molecule has 2 aromatic carbocycles. The Bertz CT molecular complexity index is 1190. The molecule has 1 N–H and O–H groups in total. The van der Waals surface area contributed by atoms with E-state index in [9.17, 15) is 9.18 Å². The number of carbonyl (C=O) groups excluding carboxylic acids is 1. The number of anilines is 1. The van der Waals surface area contributed by atoms with Gasteiger partial charge in [0.2, 0.25) is 5.91 Å². The monoisotopic (exact) mass is 424 g/mol. The fourth-order valence-corrected chi connectivity index (χ4v) is 4.53. The highest BCUT2D eigenvalue weighted by Crippen LogP contribution is 2.35. The van der Waals surface area contributed by atoms with Crippen molar-refractivity contribution in [2.24, 2.45) is 0 Å². The number of fused-ring (bicyclic) bond motifs is 1. The van der Waals surface area contributed by atoms with Gasteiger partial charge in [0.15, 0.2) is 0 Å². The summed E-state index contributed by atoms with van der Waals surface area (Å²) in [5, 5.41) is 12.9. The van der Waals surface area contributed by atoms with Crippen molar-refractivity contribution >= 4 is 44.9 Å². The van der Waals surface area contributed by atoms with Crippen LogP contribution in [0.2, 0.25) is 0 Å². The second-order valence-electron chi connectivity index (χ2n) is 6.48. The van der Waals surface area contributed by atoms with Gasteiger partial charge >= 0.3 is 0 Å². The molecule has 0 saturated carbocycles. The van der Waals surface area contributed by atoms with E-state index >= 15 is 0 Å². The molecule has 8 heteroatoms. The topological polar surface area (TPSA) is 67.8 Å². The second kappa shape index (κ2) is 8.26. The minimum absolute atomic E-state index is 0.126. The van der Waals surface area contributed by atoms with Gasteiger partial charge in [-0.3, -0.25) is 4.79 Å². The maximum absolute atomic E-state index is 13.3. The molecule has 0 radical (unpaired) electrons. The molecule has 0 spiro atoms. The van der Waals surface area contributed by atoms with E-state index in [0.717, 1.165) is 26.5 Å². The Kier molecular flexibility index (Phi) is 5.55. The fourth-order valence-electron chi connectivity index (χ4n) is 2.82. The van der Waals surface area contributed by atoms with Crippen molar-refractivity contribution in [3.63, 3.8) is 0 Å². The molecule has 1 amide bonds. The third-order valence-corrected chi connectivity index (χ3v) is 6.10. The smallest absolute Gasteiger partial charge is 0.234 e. The lowest BCUT2D eigenvalue weighted by molar-refractivity contribution is -0.113. The van der Waals surface area contributed by atoms with Crippen LogP contribution in [-0.4, -0.2) is 26.8 Å². The van der Waals surface area contributed by atoms with E-state index in [4.69, 9.17) is 0 Å². The molecule has 4 aromatic rings. The van der Waals surface area contributed by atoms with Crippen molar-refractivity contribution in [1.29, 1.82) is 0 Å². The van der Waals surface area contributed by atoms with E-state index < -0.39 is 5.82 Å². The van der Waals surface area contributed by atoms with Crippen LogP contribution >= 0.6 is 23.1 Å². The molecule has 29 heavy (non-hydrogen) atoms. The van der Waals surface area contributed by atoms with Crippen molar-refractivity contribution in [3.05, 3.63) is 64.9 Å². The van der Waals surface area contributed by atoms with Crippen LogP contribution < -0.4 is 5.32 Å². The zero-order valence-corrected chi connectivity index (χ0v) is 17.4. The number of aryl methyl sites for hydroxylation is 2. The van der Waals surface area contributed by atoms with Gasteiger partial charge in [-0.2, -0.15) is 0 Å². The molecule has 2 heterocycles. The Labute approximate surface area is 175 Å². The summed E-state index contributed by atoms with van der Waals surface area (Å²) in [7, 11) is 0. The SMILES string of the molecule is Cc1ccc(-c2nnc(SCC(=O)Nc3cccc(F)c3)c3nc(C)sc23)cc1. The number of nitrogens with one attached hydrogen (secondary N) is 1. The van der Waals surface area contributed by atoms with Gasteiger partial charge in [-0.15, -0.1) is 21.5 Å². The van der Waals surface area contributed by atoms with Gasteiger partial charge in [0.25, 0.3) is 0 Å². The zero-order chi connectivity index (χ0) is 20.4. The second-order valence-corrected chi connectivity index (χ2v) is 8.64. The normalized spacial score (nSPS) is 11.0. The van der Waals surface area contributed by atoms with Crippen LogP contribution in [0.5, 0.6) is 0 Å². The number of thioether (sulfide) groups is 1. The first-order valence-corrected chi connectivity index (χ1v) is 10.7. The molecular weight excluding hydrogens is 407 g/mol. The molecular formula is C21H17FN4OS2. The molecule has 0 bridgehead atoms. The van der Waals surface area contributed by atoms with Crippen LogP contribution in [-0.2, 0) is 4.79 Å². The number of nitrogens with zero attached hydrogens (tertiary/aromatic N) is 3. The van der Waals surface area contributed by atoms with E-state index in [-0.39, 0.29) is 11.7 Å². The summed E-state index contributed by atoms with van der Waals surface area (Å²) >= 11 is 2.83. The summed E-state index contributed by atoms with van der Waals surface area (Å²) in [4.78, 5) is 16.8. The van der Waals surface area contributed by atoms with Gasteiger partial charge < -0.3 is 5.32 Å². The molecule has 0 fully saturated rings. The van der Waals surface area contributed by atoms with E-state index in [1.807, 2.05) is 38.1 Å². The minimum Gasteiger partial charge on any atom is -0.325 e. The minimum atomic E-state index is -0.396. The number of carbonyl (C=O) groups is 1. The van der Waals surface area contributed by atoms with Crippen molar-refractivity contribution in [1.82, 2.24) is 15.2 Å². The van der Waals surface area contributed by atoms with Crippen LogP contribution in [0.1, 0.15) is 10.6 Å². The zero-order valence-electron chi connectivity index (χ0n) is 15.8. The van der Waals surface area contributed by atoms with Crippen LogP contribution in [0.15, 0.2) is 53.6 Å². The molecule has 0 unspecified atom stereocenters. The third kappa shape index (κ3) is 4.44. The first-order chi connectivity index (χ1) is 14.0. The number of halogens is 1. The Balaban J connectivity index is 1.56. The summed E-state index contributed by atoms with van der Waals surface area (Å²) in [5.41, 5.74) is 4.12. The number of hydrogen-bond acceptors (Lipinski definition) is 6. The van der Waals surface area contributed by atoms with E-state index in [2.05, 4.69) is 20.5 Å². The summed E-state index contributed by atoms with van der Waals surface area (Å²) in [6.45, 7) is 3.98. The maximum Gasteiger partial charge on any atom is 0.234 e. The number of hydrogen-bond donors (Lipinski definition) is 1. The Hall–Kier alpha value is -2.84. The van der Waals surface area contributed by atoms with Crippen molar-refractivity contribution in [3.8, 4) is 11.3 Å². The Morgan fingerprint density at radius 1 is 1.14 bits per heavy atom. The summed E-state index contributed by atoms with van der Waals surface area (Å²) in [5.74, 6) is -0.515. The lowest BCUT2D eigenvalue weighted by atomic mass is 10.1. The van der Waals surface area contributed by atoms with Crippen LogP contribution in [0.4, 0.5) is 10.1 Å². The highest BCUT2D eigenvalue weighted by molar-refractivity contribution is 8.00. The average molecular weight is 425 g/mol. The van der Waals surface area contributed by atoms with E-state index in [1.54, 1.807) is 23.5 Å². The van der Waals surface area contributed by atoms with Crippen molar-refractivity contribution < 1.29 is 9.18 Å². The third-order valence-electron chi connectivity index (χ3n) is 4.17. The quantitative estimate of drug-likeness (QED) is 0.444. The van der Waals surface area contributed by atoms with Gasteiger partial charge in [-0.1, -0.05) is 47.7 Å². The Morgan fingerprint density at radius 3 is 2.69 bits per heavy atom. The fraction of sp³-hybridized carbons (Fsp3) is 0.143. The first-order valence-electron chi connectivity index (χ1n) is 8.88. The molecule has 2 aromatic heterocycles. The summed E-state index contributed by atoms with van der Waals surface area (Å²) in [6.07, 6.45) is 0. The molecule has 0 saturated heterocycles. The van der Waals surface area contributed by atoms with E-state index in [0.29, 0.717) is 10.7 Å². The van der Waals surface area contributed by atoms with Crippen LogP contribution in [0.25, 0.3) is 21.5 Å². The summed E-state index contributed by atoms with van der Waals surface area (Å²) < 4.78 is 14.2. The van der Waals surface area contributed by atoms with Gasteiger partial charge in [0.05, 0.1) is 15.5 Å². The highest BCUT2D eigenvalue weighted by atomic mass is 32.2. The largest absolute Gasteiger partial charge is 0.325 e. The lowest BCUT2D eigenvalue weighted by Gasteiger charge is -2.07. The van der Waals surface area contributed by atoms with Gasteiger partial charge in [-0.25, -0.2) is 9.37 Å². The van der Waals surface area contributed by atoms with Gasteiger partial charge in [0.1, 0.15) is 22.1 Å². The number of amides is 1. The molecule has 0 aliphatic carbocycles. The van der Waals surface area contributed by atoms with Crippen molar-refractivity contribution in [2.75, 3.05) is 11.1 Å². The number of aromatic nitrogens is 3. The molecule has 0 aliphatic heterocycles. The van der Waals surface area contributed by atoms with Gasteiger partial charge in [0, 0.05) is 11.3 Å². The van der Waals surface area contributed by atoms with Gasteiger partial charge in [-0.05, 0) is 32.0 Å². The predicted octanol–water partition coefficient (Wildman–Crippen LogP) is 5.24. The summed E-state index contributed by atoms with van der Waals surface area (Å²) in [6, 6.07) is 13.9. The number of rotatable bonds is 5. The lowest BCUT2D eigenvalue weighted by Crippen LogP contribution is -2.14. The molecule has 5 nitrogen and oxygen atoms in total. The van der Waals surface area contributed by atoms with E-state index in [1.165, 1.54) is 29.5 Å². The molecule has 0 aliphatic rings. The number of thiazole rings is 1. The predicted molar refractivity (Wildman–Crippen MR) is 116 cm³/mol. The van der Waals surface area contributed by atoms with Crippen LogP contribution in [0, 0.1) is 19.7 Å². The molecule has 0 atom stereocenters. The van der Waals surface area contributed by atoms with Crippen molar-refractivity contribution in [2.45, 2.75) is 18.9 Å². The molecule has 146 valence electrons. The Morgan fingerprint density at radius 2 is 1.93 bits per heavy atom. The standard InChI is InChI=1S/C21H17FN4OS2/c1-12-6-8-14(9-7-12)18-20-19(23-13(2)29-20)21(26-25-18)28-11-17(27)24-16-5-3-4-15(22)10-16/h3-10H,11H2,1-2H3,(H,24,27). The van der Waals surface area contributed by atoms with Crippen LogP contribution in [0.3, 0.4) is 0 Å². The maximum atomic E-state index is 13.3. The highest BCUT2D eigenvalue weighted by Gasteiger charge is 2.17. The molecule has 4 rings (SSSR count). The average Bonchev–Trinajstić information content (AvgIpc) is 3.08. The number of benzene rings is 2.